The van der Waals surface area contributed by atoms with Gasteiger partial charge in [-0.1, -0.05) is 48.5 Å². The van der Waals surface area contributed by atoms with Crippen molar-refractivity contribution < 1.29 is 18.3 Å². The second-order valence-electron chi connectivity index (χ2n) is 9.85. The van der Waals surface area contributed by atoms with Crippen LogP contribution in [0.5, 0.6) is 5.75 Å². The Morgan fingerprint density at radius 3 is 2.38 bits per heavy atom. The maximum atomic E-state index is 14.1. The Labute approximate surface area is 219 Å². The molecule has 3 nitrogen and oxygen atoms in total. The molecule has 0 spiro atoms. The van der Waals surface area contributed by atoms with Gasteiger partial charge in [0.05, 0.1) is 0 Å². The summed E-state index contributed by atoms with van der Waals surface area (Å²) in [7, 11) is 0. The highest BCUT2D eigenvalue weighted by Crippen LogP contribution is 2.39. The van der Waals surface area contributed by atoms with Crippen molar-refractivity contribution in [2.75, 3.05) is 0 Å². The first-order valence-corrected chi connectivity index (χ1v) is 13.7. The van der Waals surface area contributed by atoms with E-state index in [0.29, 0.717) is 18.4 Å². The normalized spacial score (nSPS) is 20.8. The number of piperidine rings is 1. The number of hydrogen-bond acceptors (Lipinski definition) is 3. The van der Waals surface area contributed by atoms with Crippen LogP contribution >= 0.6 is 11.8 Å². The lowest BCUT2D eigenvalue weighted by Gasteiger charge is -2.39. The molecule has 2 aliphatic rings. The topological polar surface area (TPSA) is 29.5 Å². The van der Waals surface area contributed by atoms with Crippen molar-refractivity contribution in [1.29, 1.82) is 0 Å². The van der Waals surface area contributed by atoms with E-state index in [2.05, 4.69) is 42.5 Å². The number of ether oxygens (including phenoxy) is 1. The Morgan fingerprint density at radius 2 is 1.62 bits per heavy atom. The van der Waals surface area contributed by atoms with Crippen LogP contribution in [-0.2, 0) is 5.75 Å². The lowest BCUT2D eigenvalue weighted by atomic mass is 9.98. The van der Waals surface area contributed by atoms with Gasteiger partial charge in [-0.25, -0.2) is 8.78 Å². The van der Waals surface area contributed by atoms with Crippen LogP contribution < -0.4 is 4.74 Å². The maximum Gasteiger partial charge on any atom is 0.254 e. The van der Waals surface area contributed by atoms with Crippen molar-refractivity contribution in [1.82, 2.24) is 4.90 Å². The van der Waals surface area contributed by atoms with Crippen LogP contribution in [0.1, 0.15) is 41.6 Å². The predicted molar refractivity (Wildman–Crippen MR) is 143 cm³/mol. The first kappa shape index (κ1) is 24.0. The van der Waals surface area contributed by atoms with Gasteiger partial charge in [0.1, 0.15) is 11.9 Å². The summed E-state index contributed by atoms with van der Waals surface area (Å²) in [5, 5.41) is 2.49. The number of benzene rings is 4. The van der Waals surface area contributed by atoms with E-state index >= 15 is 0 Å². The lowest BCUT2D eigenvalue weighted by Crippen LogP contribution is -2.49. The summed E-state index contributed by atoms with van der Waals surface area (Å²) in [6.07, 6.45) is 2.96. The highest BCUT2D eigenvalue weighted by Gasteiger charge is 2.44. The Kier molecular flexibility index (Phi) is 6.59. The summed E-state index contributed by atoms with van der Waals surface area (Å²) < 4.78 is 33.2. The molecular weight excluding hydrogens is 488 g/mol. The van der Waals surface area contributed by atoms with Crippen molar-refractivity contribution in [3.63, 3.8) is 0 Å². The molecule has 4 aromatic carbocycles. The molecule has 0 aromatic heterocycles. The van der Waals surface area contributed by atoms with Gasteiger partial charge >= 0.3 is 0 Å². The fourth-order valence-electron chi connectivity index (χ4n) is 5.68. The summed E-state index contributed by atoms with van der Waals surface area (Å²) in [5.74, 6) is -0.362. The van der Waals surface area contributed by atoms with Crippen molar-refractivity contribution in [2.24, 2.45) is 0 Å². The largest absolute Gasteiger partial charge is 0.487 e. The van der Waals surface area contributed by atoms with Crippen molar-refractivity contribution in [2.45, 2.75) is 54.5 Å². The van der Waals surface area contributed by atoms with Crippen molar-refractivity contribution >= 4 is 28.4 Å². The number of thioether (sulfide) groups is 1. The van der Waals surface area contributed by atoms with Crippen LogP contribution in [0.3, 0.4) is 0 Å². The van der Waals surface area contributed by atoms with E-state index in [0.717, 1.165) is 24.7 Å². The zero-order valence-electron chi connectivity index (χ0n) is 20.3. The molecule has 2 unspecified atom stereocenters. The molecular formula is C31H27F2NO2S. The van der Waals surface area contributed by atoms with Gasteiger partial charge in [-0.05, 0) is 59.5 Å². The van der Waals surface area contributed by atoms with Gasteiger partial charge in [0.25, 0.3) is 5.91 Å². The van der Waals surface area contributed by atoms with E-state index in [1.54, 1.807) is 11.8 Å². The van der Waals surface area contributed by atoms with Gasteiger partial charge in [0.15, 0.2) is 11.6 Å². The maximum absolute atomic E-state index is 14.1. The van der Waals surface area contributed by atoms with E-state index in [1.165, 1.54) is 33.4 Å². The highest BCUT2D eigenvalue weighted by atomic mass is 32.2. The number of hydrogen-bond donors (Lipinski definition) is 0. The van der Waals surface area contributed by atoms with Crippen molar-refractivity contribution in [3.05, 3.63) is 108 Å². The van der Waals surface area contributed by atoms with Gasteiger partial charge in [-0.3, -0.25) is 4.79 Å². The summed E-state index contributed by atoms with van der Waals surface area (Å²) in [6.45, 7) is 0. The molecule has 4 aromatic rings. The third kappa shape index (κ3) is 4.95. The van der Waals surface area contributed by atoms with Crippen LogP contribution in [-0.4, -0.2) is 29.0 Å². The minimum Gasteiger partial charge on any atom is -0.487 e. The quantitative estimate of drug-likeness (QED) is 0.247. The van der Waals surface area contributed by atoms with Gasteiger partial charge in [-0.15, -0.1) is 11.8 Å². The SMILES string of the molecule is O=C(c1ccc(CSc2cccc3ccccc23)cc1)N1C2CCC1CC(Oc1ccc(F)cc1F)C2. The first-order valence-electron chi connectivity index (χ1n) is 12.7. The summed E-state index contributed by atoms with van der Waals surface area (Å²) in [4.78, 5) is 16.7. The van der Waals surface area contributed by atoms with Crippen LogP contribution in [0, 0.1) is 11.6 Å². The smallest absolute Gasteiger partial charge is 0.254 e. The van der Waals surface area contributed by atoms with Crippen LogP contribution in [0.2, 0.25) is 0 Å². The predicted octanol–water partition coefficient (Wildman–Crippen LogP) is 7.62. The van der Waals surface area contributed by atoms with Gasteiger partial charge < -0.3 is 9.64 Å². The highest BCUT2D eigenvalue weighted by molar-refractivity contribution is 7.98. The molecule has 2 saturated heterocycles. The van der Waals surface area contributed by atoms with E-state index in [1.807, 2.05) is 29.2 Å². The molecule has 1 amide bonds. The third-order valence-electron chi connectivity index (χ3n) is 7.46. The Balaban J connectivity index is 1.09. The molecule has 0 aliphatic carbocycles. The molecule has 6 rings (SSSR count). The Bertz CT molecular complexity index is 1420. The molecule has 37 heavy (non-hydrogen) atoms. The number of carbonyl (C=O) groups excluding carboxylic acids is 1. The molecule has 6 heteroatoms. The monoisotopic (exact) mass is 515 g/mol. The summed E-state index contributed by atoms with van der Waals surface area (Å²) >= 11 is 1.80. The van der Waals surface area contributed by atoms with Gasteiger partial charge in [0.2, 0.25) is 0 Å². The zero-order chi connectivity index (χ0) is 25.4. The second-order valence-corrected chi connectivity index (χ2v) is 10.9. The zero-order valence-corrected chi connectivity index (χ0v) is 21.1. The van der Waals surface area contributed by atoms with Crippen LogP contribution in [0.15, 0.2) is 89.8 Å². The molecule has 2 heterocycles. The fraction of sp³-hybridized carbons (Fsp3) is 0.258. The molecule has 0 radical (unpaired) electrons. The Hall–Kier alpha value is -3.38. The molecule has 0 N–H and O–H groups in total. The van der Waals surface area contributed by atoms with E-state index in [9.17, 15) is 13.6 Å². The Morgan fingerprint density at radius 1 is 0.892 bits per heavy atom. The van der Waals surface area contributed by atoms with Crippen LogP contribution in [0.4, 0.5) is 8.78 Å². The third-order valence-corrected chi connectivity index (χ3v) is 8.60. The molecule has 2 bridgehead atoms. The van der Waals surface area contributed by atoms with E-state index in [-0.39, 0.29) is 29.8 Å². The summed E-state index contributed by atoms with van der Waals surface area (Å²) in [5.41, 5.74) is 1.87. The first-order chi connectivity index (χ1) is 18.0. The number of rotatable bonds is 6. The summed E-state index contributed by atoms with van der Waals surface area (Å²) in [6, 6.07) is 26.2. The molecule has 2 atom stereocenters. The number of carbonyl (C=O) groups is 1. The number of halogens is 2. The van der Waals surface area contributed by atoms with Crippen LogP contribution in [0.25, 0.3) is 10.8 Å². The molecule has 188 valence electrons. The van der Waals surface area contributed by atoms with Crippen molar-refractivity contribution in [3.8, 4) is 5.75 Å². The second kappa shape index (κ2) is 10.2. The number of nitrogens with zero attached hydrogens (tertiary/aromatic N) is 1. The van der Waals surface area contributed by atoms with E-state index < -0.39 is 11.6 Å². The average Bonchev–Trinajstić information content (AvgIpc) is 3.18. The van der Waals surface area contributed by atoms with Gasteiger partial charge in [-0.2, -0.15) is 0 Å². The minimum atomic E-state index is -0.690. The standard InChI is InChI=1S/C31H27F2NO2S/c32-23-12-15-29(28(33)16-23)36-26-17-24-13-14-25(18-26)34(24)31(35)22-10-8-20(9-11-22)19-37-30-7-3-5-21-4-1-2-6-27(21)30/h1-12,15-16,24-26H,13-14,17-19H2. The fourth-order valence-corrected chi connectivity index (χ4v) is 6.71. The molecule has 2 fully saturated rings. The van der Waals surface area contributed by atoms with E-state index in [4.69, 9.17) is 4.74 Å². The number of fused-ring (bicyclic) bond motifs is 3. The van der Waals surface area contributed by atoms with Gasteiger partial charge in [0, 0.05) is 47.2 Å². The lowest BCUT2D eigenvalue weighted by molar-refractivity contribution is 0.0349. The molecule has 2 aliphatic heterocycles. The average molecular weight is 516 g/mol. The minimum absolute atomic E-state index is 0.0483. The number of amides is 1. The molecule has 0 saturated carbocycles.